The van der Waals surface area contributed by atoms with E-state index in [1.807, 2.05) is 18.2 Å². The van der Waals surface area contributed by atoms with E-state index in [1.54, 1.807) is 0 Å². The second-order valence-corrected chi connectivity index (χ2v) is 3.73. The first-order chi connectivity index (χ1) is 6.92. The summed E-state index contributed by atoms with van der Waals surface area (Å²) in [7, 11) is 0. The number of ether oxygens (including phenoxy) is 1. The molecule has 1 aromatic rings. The highest BCUT2D eigenvalue weighted by Crippen LogP contribution is 2.31. The van der Waals surface area contributed by atoms with Crippen molar-refractivity contribution in [3.63, 3.8) is 0 Å². The van der Waals surface area contributed by atoms with Crippen molar-refractivity contribution in [2.45, 2.75) is 24.9 Å². The van der Waals surface area contributed by atoms with Crippen molar-refractivity contribution in [1.82, 2.24) is 0 Å². The van der Waals surface area contributed by atoms with Crippen LogP contribution in [0.5, 0.6) is 0 Å². The molecule has 0 bridgehead atoms. The van der Waals surface area contributed by atoms with Crippen molar-refractivity contribution in [1.29, 1.82) is 0 Å². The molecule has 0 aliphatic carbocycles. The summed E-state index contributed by atoms with van der Waals surface area (Å²) in [6.07, 6.45) is 2.25. The molecule has 14 heavy (non-hydrogen) atoms. The molecule has 2 rings (SSSR count). The smallest absolute Gasteiger partial charge is 0.0666 e. The van der Waals surface area contributed by atoms with Gasteiger partial charge < -0.3 is 9.84 Å². The van der Waals surface area contributed by atoms with Gasteiger partial charge in [-0.15, -0.1) is 0 Å². The van der Waals surface area contributed by atoms with Crippen LogP contribution >= 0.6 is 0 Å². The van der Waals surface area contributed by atoms with E-state index >= 15 is 0 Å². The average molecular weight is 192 g/mol. The Morgan fingerprint density at radius 3 is 2.57 bits per heavy atom. The van der Waals surface area contributed by atoms with E-state index in [1.165, 1.54) is 5.56 Å². The molecule has 2 unspecified atom stereocenters. The summed E-state index contributed by atoms with van der Waals surface area (Å²) in [4.78, 5) is 0. The van der Waals surface area contributed by atoms with Crippen molar-refractivity contribution in [3.05, 3.63) is 35.9 Å². The molecule has 2 atom stereocenters. The molecule has 0 spiro atoms. The summed E-state index contributed by atoms with van der Waals surface area (Å²) < 4.78 is 5.49. The topological polar surface area (TPSA) is 29.5 Å². The molecule has 0 radical (unpaired) electrons. The van der Waals surface area contributed by atoms with Crippen molar-refractivity contribution in [2.75, 3.05) is 13.2 Å². The Bertz CT molecular complexity index is 267. The Balaban J connectivity index is 2.09. The summed E-state index contributed by atoms with van der Waals surface area (Å²) in [5.74, 6) is 0.370. The minimum absolute atomic E-state index is 0.236. The lowest BCUT2D eigenvalue weighted by atomic mass is 9.87. The zero-order valence-corrected chi connectivity index (χ0v) is 8.23. The number of aliphatic hydroxyl groups excluding tert-OH is 1. The van der Waals surface area contributed by atoms with Crippen LogP contribution in [0.1, 0.15) is 24.3 Å². The molecular formula is C12H16O2. The van der Waals surface area contributed by atoms with E-state index in [4.69, 9.17) is 9.84 Å². The van der Waals surface area contributed by atoms with E-state index in [0.717, 1.165) is 19.4 Å². The van der Waals surface area contributed by atoms with E-state index in [0.29, 0.717) is 12.0 Å². The second-order valence-electron chi connectivity index (χ2n) is 3.73. The van der Waals surface area contributed by atoms with Crippen molar-refractivity contribution in [3.8, 4) is 0 Å². The van der Waals surface area contributed by atoms with Crippen molar-refractivity contribution < 1.29 is 9.84 Å². The van der Waals surface area contributed by atoms with Crippen LogP contribution < -0.4 is 0 Å². The van der Waals surface area contributed by atoms with Gasteiger partial charge in [-0.25, -0.2) is 0 Å². The van der Waals surface area contributed by atoms with Crippen molar-refractivity contribution in [2.24, 2.45) is 0 Å². The molecule has 1 aliphatic heterocycles. The fourth-order valence-electron chi connectivity index (χ4n) is 1.98. The van der Waals surface area contributed by atoms with Crippen LogP contribution in [0, 0.1) is 0 Å². The van der Waals surface area contributed by atoms with Gasteiger partial charge in [-0.2, -0.15) is 0 Å². The molecule has 0 saturated carbocycles. The highest BCUT2D eigenvalue weighted by molar-refractivity contribution is 5.21. The lowest BCUT2D eigenvalue weighted by Crippen LogP contribution is -2.33. The van der Waals surface area contributed by atoms with Crippen LogP contribution in [0.3, 0.4) is 0 Å². The van der Waals surface area contributed by atoms with E-state index in [-0.39, 0.29) is 6.61 Å². The monoisotopic (exact) mass is 192 g/mol. The minimum Gasteiger partial charge on any atom is -0.396 e. The summed E-state index contributed by atoms with van der Waals surface area (Å²) >= 11 is 0. The third-order valence-electron chi connectivity index (χ3n) is 2.85. The molecule has 1 aromatic carbocycles. The number of aliphatic hydroxyl groups is 1. The number of rotatable bonds is 4. The van der Waals surface area contributed by atoms with Crippen LogP contribution in [0.25, 0.3) is 0 Å². The minimum atomic E-state index is 0.236. The summed E-state index contributed by atoms with van der Waals surface area (Å²) in [6, 6.07) is 10.3. The van der Waals surface area contributed by atoms with E-state index < -0.39 is 0 Å². The highest BCUT2D eigenvalue weighted by atomic mass is 16.5. The molecule has 2 heteroatoms. The van der Waals surface area contributed by atoms with E-state index in [2.05, 4.69) is 12.1 Å². The van der Waals surface area contributed by atoms with Gasteiger partial charge in [0.1, 0.15) is 0 Å². The Morgan fingerprint density at radius 1 is 1.36 bits per heavy atom. The van der Waals surface area contributed by atoms with E-state index in [9.17, 15) is 0 Å². The van der Waals surface area contributed by atoms with Gasteiger partial charge in [0.25, 0.3) is 0 Å². The van der Waals surface area contributed by atoms with Gasteiger partial charge in [0.15, 0.2) is 0 Å². The zero-order valence-electron chi connectivity index (χ0n) is 8.23. The lowest BCUT2D eigenvalue weighted by Gasteiger charge is -2.34. The molecule has 0 aromatic heterocycles. The maximum absolute atomic E-state index is 9.01. The molecule has 1 fully saturated rings. The van der Waals surface area contributed by atoms with Gasteiger partial charge >= 0.3 is 0 Å². The maximum atomic E-state index is 9.01. The zero-order chi connectivity index (χ0) is 9.80. The van der Waals surface area contributed by atoms with Crippen LogP contribution in [0.15, 0.2) is 30.3 Å². The van der Waals surface area contributed by atoms with Gasteiger partial charge in [-0.1, -0.05) is 30.3 Å². The predicted molar refractivity (Wildman–Crippen MR) is 55.2 cm³/mol. The predicted octanol–water partition coefficient (Wildman–Crippen LogP) is 1.94. The molecule has 1 N–H and O–H groups in total. The van der Waals surface area contributed by atoms with Gasteiger partial charge in [-0.3, -0.25) is 0 Å². The molecule has 2 nitrogen and oxygen atoms in total. The maximum Gasteiger partial charge on any atom is 0.0666 e. The molecule has 1 heterocycles. The first-order valence-electron chi connectivity index (χ1n) is 5.19. The standard InChI is InChI=1S/C12H16O2/c13-8-6-11(12-7-9-14-12)10-4-2-1-3-5-10/h1-5,11-13H,6-9H2. The summed E-state index contributed by atoms with van der Waals surface area (Å²) in [5, 5.41) is 9.01. The first kappa shape index (κ1) is 9.69. The number of hydrogen-bond donors (Lipinski definition) is 1. The molecule has 0 amide bonds. The van der Waals surface area contributed by atoms with Crippen LogP contribution in [-0.4, -0.2) is 24.4 Å². The van der Waals surface area contributed by atoms with Gasteiger partial charge in [-0.05, 0) is 18.4 Å². The third-order valence-corrected chi connectivity index (χ3v) is 2.85. The first-order valence-corrected chi connectivity index (χ1v) is 5.19. The van der Waals surface area contributed by atoms with Gasteiger partial charge in [0, 0.05) is 19.1 Å². The number of hydrogen-bond acceptors (Lipinski definition) is 2. The van der Waals surface area contributed by atoms with Crippen LogP contribution in [0.2, 0.25) is 0 Å². The average Bonchev–Trinajstić information content (AvgIpc) is 2.16. The highest BCUT2D eigenvalue weighted by Gasteiger charge is 2.28. The second kappa shape index (κ2) is 4.58. The SMILES string of the molecule is OCCC(c1ccccc1)C1CCO1. The molecule has 1 aliphatic rings. The molecule has 76 valence electrons. The molecule has 1 saturated heterocycles. The lowest BCUT2D eigenvalue weighted by molar-refractivity contribution is -0.0694. The fourth-order valence-corrected chi connectivity index (χ4v) is 1.98. The Morgan fingerprint density at radius 2 is 2.07 bits per heavy atom. The van der Waals surface area contributed by atoms with Crippen LogP contribution in [-0.2, 0) is 4.74 Å². The van der Waals surface area contributed by atoms with Gasteiger partial charge in [0.2, 0.25) is 0 Å². The Labute approximate surface area is 84.5 Å². The summed E-state index contributed by atoms with van der Waals surface area (Å²) in [5.41, 5.74) is 1.28. The summed E-state index contributed by atoms with van der Waals surface area (Å²) in [6.45, 7) is 1.11. The van der Waals surface area contributed by atoms with Gasteiger partial charge in [0.05, 0.1) is 6.10 Å². The molecular weight excluding hydrogens is 176 g/mol. The quantitative estimate of drug-likeness (QED) is 0.790. The largest absolute Gasteiger partial charge is 0.396 e. The van der Waals surface area contributed by atoms with Crippen molar-refractivity contribution >= 4 is 0 Å². The third kappa shape index (κ3) is 1.97. The number of benzene rings is 1. The fraction of sp³-hybridized carbons (Fsp3) is 0.500. The van der Waals surface area contributed by atoms with Crippen LogP contribution in [0.4, 0.5) is 0 Å². The Hall–Kier alpha value is -0.860. The normalized spacial score (nSPS) is 22.8. The Kier molecular flexibility index (Phi) is 3.17.